The summed E-state index contributed by atoms with van der Waals surface area (Å²) in [7, 11) is 0. The maximum atomic E-state index is 10.6. The molecule has 0 amide bonds. The fourth-order valence-electron chi connectivity index (χ4n) is 7.28. The predicted octanol–water partition coefficient (Wildman–Crippen LogP) is 11.0. The minimum atomic E-state index is 0.584. The minimum absolute atomic E-state index is 0.584. The minimum Gasteiger partial charge on any atom is -0.309 e. The van der Waals surface area contributed by atoms with E-state index in [0.717, 1.165) is 66.5 Å². The highest BCUT2D eigenvalue weighted by molar-refractivity contribution is 6.10. The fourth-order valence-corrected chi connectivity index (χ4v) is 7.28. The molecule has 0 saturated carbocycles. The molecule has 0 fully saturated rings. The van der Waals surface area contributed by atoms with E-state index in [9.17, 15) is 10.5 Å². The molecule has 0 spiro atoms. The van der Waals surface area contributed by atoms with E-state index in [1.807, 2.05) is 42.5 Å². The van der Waals surface area contributed by atoms with E-state index >= 15 is 0 Å². The number of aromatic nitrogens is 2. The summed E-state index contributed by atoms with van der Waals surface area (Å²) < 4.78 is 4.49. The van der Waals surface area contributed by atoms with Crippen molar-refractivity contribution in [1.82, 2.24) is 9.13 Å². The van der Waals surface area contributed by atoms with E-state index in [-0.39, 0.29) is 0 Å². The summed E-state index contributed by atoms with van der Waals surface area (Å²) in [6, 6.07) is 58.8. The molecule has 4 nitrogen and oxygen atoms in total. The van der Waals surface area contributed by atoms with Crippen LogP contribution >= 0.6 is 0 Å². The highest BCUT2D eigenvalue weighted by atomic mass is 15.0. The molecule has 0 radical (unpaired) electrons. The third-order valence-electron chi connectivity index (χ3n) is 9.39. The molecule has 2 aromatic heterocycles. The van der Waals surface area contributed by atoms with Gasteiger partial charge >= 0.3 is 0 Å². The molecular weight excluding hydrogens is 585 g/mol. The number of benzene rings is 7. The molecule has 9 rings (SSSR count). The third-order valence-corrected chi connectivity index (χ3v) is 9.39. The van der Waals surface area contributed by atoms with Gasteiger partial charge in [0.1, 0.15) is 6.07 Å². The van der Waals surface area contributed by atoms with Crippen LogP contribution in [-0.4, -0.2) is 9.13 Å². The van der Waals surface area contributed by atoms with Gasteiger partial charge in [-0.1, -0.05) is 97.1 Å². The summed E-state index contributed by atoms with van der Waals surface area (Å²) in [6.07, 6.45) is 0. The highest BCUT2D eigenvalue weighted by Crippen LogP contribution is 2.38. The monoisotopic (exact) mass is 610 g/mol. The first-order valence-electron chi connectivity index (χ1n) is 15.9. The van der Waals surface area contributed by atoms with Crippen LogP contribution in [0.1, 0.15) is 11.1 Å². The second-order valence-corrected chi connectivity index (χ2v) is 12.0. The summed E-state index contributed by atoms with van der Waals surface area (Å²) in [5.74, 6) is 0. The number of hydrogen-bond donors (Lipinski definition) is 0. The van der Waals surface area contributed by atoms with Crippen molar-refractivity contribution in [3.05, 3.63) is 169 Å². The Morgan fingerprint density at radius 1 is 0.375 bits per heavy atom. The molecule has 0 unspecified atom stereocenters. The van der Waals surface area contributed by atoms with Crippen LogP contribution in [0.4, 0.5) is 0 Å². The van der Waals surface area contributed by atoms with Gasteiger partial charge < -0.3 is 9.13 Å². The lowest BCUT2D eigenvalue weighted by atomic mass is 9.94. The quantitative estimate of drug-likeness (QED) is 0.199. The van der Waals surface area contributed by atoms with Gasteiger partial charge in [0, 0.05) is 27.2 Å². The van der Waals surface area contributed by atoms with Gasteiger partial charge in [-0.3, -0.25) is 0 Å². The first kappa shape index (κ1) is 27.4. The number of rotatable bonds is 4. The number of nitriles is 2. The largest absolute Gasteiger partial charge is 0.309 e. The van der Waals surface area contributed by atoms with Crippen LogP contribution in [0.2, 0.25) is 0 Å². The van der Waals surface area contributed by atoms with E-state index in [2.05, 4.69) is 137 Å². The molecule has 0 bridgehead atoms. The Bertz CT molecular complexity index is 2710. The van der Waals surface area contributed by atoms with E-state index in [4.69, 9.17) is 0 Å². The standard InChI is InChI=1S/C44H26N4/c45-27-30-11-1-2-12-35(30)32-24-31(25-34(26-32)47-41-17-7-3-13-36(41)37-14-4-8-18-42(37)47)29-21-22-40(33(23-29)28-46)48-43-19-9-5-15-38(43)39-16-6-10-20-44(39)48/h1-26H. The number of fused-ring (bicyclic) bond motifs is 6. The van der Waals surface area contributed by atoms with E-state index in [1.165, 1.54) is 10.8 Å². The zero-order valence-electron chi connectivity index (χ0n) is 25.8. The molecular formula is C44H26N4. The second kappa shape index (κ2) is 10.9. The van der Waals surface area contributed by atoms with Crippen molar-refractivity contribution in [2.75, 3.05) is 0 Å². The predicted molar refractivity (Wildman–Crippen MR) is 195 cm³/mol. The van der Waals surface area contributed by atoms with Gasteiger partial charge in [-0.15, -0.1) is 0 Å². The normalized spacial score (nSPS) is 11.3. The van der Waals surface area contributed by atoms with Crippen LogP contribution in [0.3, 0.4) is 0 Å². The van der Waals surface area contributed by atoms with Crippen molar-refractivity contribution in [3.8, 4) is 45.8 Å². The van der Waals surface area contributed by atoms with Gasteiger partial charge in [0.2, 0.25) is 0 Å². The molecule has 4 heteroatoms. The van der Waals surface area contributed by atoms with Gasteiger partial charge in [-0.05, 0) is 82.9 Å². The van der Waals surface area contributed by atoms with Crippen molar-refractivity contribution in [3.63, 3.8) is 0 Å². The lowest BCUT2D eigenvalue weighted by molar-refractivity contribution is 1.17. The van der Waals surface area contributed by atoms with Gasteiger partial charge in [0.05, 0.1) is 45.0 Å². The lowest BCUT2D eigenvalue weighted by Gasteiger charge is -2.16. The topological polar surface area (TPSA) is 57.4 Å². The summed E-state index contributed by atoms with van der Waals surface area (Å²) in [4.78, 5) is 0. The maximum Gasteiger partial charge on any atom is 0.101 e. The number of para-hydroxylation sites is 4. The van der Waals surface area contributed by atoms with Crippen molar-refractivity contribution in [2.24, 2.45) is 0 Å². The highest BCUT2D eigenvalue weighted by Gasteiger charge is 2.18. The number of hydrogen-bond acceptors (Lipinski definition) is 2. The Morgan fingerprint density at radius 2 is 0.854 bits per heavy atom. The molecule has 0 aliphatic carbocycles. The summed E-state index contributed by atoms with van der Waals surface area (Å²) in [5, 5.41) is 25.3. The average Bonchev–Trinajstić information content (AvgIpc) is 3.67. The van der Waals surface area contributed by atoms with Crippen molar-refractivity contribution >= 4 is 43.6 Å². The SMILES string of the molecule is N#Cc1ccccc1-c1cc(-c2ccc(-n3c4ccccc4c4ccccc43)c(C#N)c2)cc(-n2c3ccccc3c3ccccc32)c1. The Balaban J connectivity index is 1.30. The maximum absolute atomic E-state index is 10.6. The van der Waals surface area contributed by atoms with Crippen molar-refractivity contribution in [1.29, 1.82) is 10.5 Å². The lowest BCUT2D eigenvalue weighted by Crippen LogP contribution is -1.99. The van der Waals surface area contributed by atoms with Crippen LogP contribution < -0.4 is 0 Å². The average molecular weight is 611 g/mol. The molecule has 48 heavy (non-hydrogen) atoms. The first-order valence-corrected chi connectivity index (χ1v) is 15.9. The van der Waals surface area contributed by atoms with Crippen LogP contribution in [0.25, 0.3) is 77.2 Å². The van der Waals surface area contributed by atoms with Crippen LogP contribution in [0.5, 0.6) is 0 Å². The zero-order valence-corrected chi connectivity index (χ0v) is 25.8. The van der Waals surface area contributed by atoms with Gasteiger partial charge in [-0.2, -0.15) is 10.5 Å². The first-order chi connectivity index (χ1) is 23.7. The summed E-state index contributed by atoms with van der Waals surface area (Å²) in [6.45, 7) is 0. The van der Waals surface area contributed by atoms with Crippen LogP contribution in [0.15, 0.2) is 158 Å². The van der Waals surface area contributed by atoms with Crippen molar-refractivity contribution < 1.29 is 0 Å². The van der Waals surface area contributed by atoms with Crippen LogP contribution in [-0.2, 0) is 0 Å². The Morgan fingerprint density at radius 3 is 1.42 bits per heavy atom. The number of nitrogens with zero attached hydrogens (tertiary/aromatic N) is 4. The van der Waals surface area contributed by atoms with Gasteiger partial charge in [-0.25, -0.2) is 0 Å². The summed E-state index contributed by atoms with van der Waals surface area (Å²) in [5.41, 5.74) is 11.0. The van der Waals surface area contributed by atoms with Crippen LogP contribution in [0, 0.1) is 22.7 Å². The molecule has 2 heterocycles. The third kappa shape index (κ3) is 4.14. The molecule has 9 aromatic rings. The Hall–Kier alpha value is -6.88. The molecule has 0 atom stereocenters. The smallest absolute Gasteiger partial charge is 0.101 e. The van der Waals surface area contributed by atoms with Gasteiger partial charge in [0.25, 0.3) is 0 Å². The molecule has 0 N–H and O–H groups in total. The molecule has 0 aliphatic heterocycles. The van der Waals surface area contributed by atoms with E-state index in [0.29, 0.717) is 11.1 Å². The second-order valence-electron chi connectivity index (χ2n) is 12.0. The van der Waals surface area contributed by atoms with Crippen molar-refractivity contribution in [2.45, 2.75) is 0 Å². The zero-order chi connectivity index (χ0) is 32.2. The Labute approximate surface area is 277 Å². The molecule has 0 aliphatic rings. The summed E-state index contributed by atoms with van der Waals surface area (Å²) >= 11 is 0. The van der Waals surface area contributed by atoms with E-state index in [1.54, 1.807) is 0 Å². The molecule has 0 saturated heterocycles. The van der Waals surface area contributed by atoms with E-state index < -0.39 is 0 Å². The van der Waals surface area contributed by atoms with Gasteiger partial charge in [0.15, 0.2) is 0 Å². The Kier molecular flexibility index (Phi) is 6.22. The molecule has 7 aromatic carbocycles. The fraction of sp³-hybridized carbons (Fsp3) is 0. The molecule has 222 valence electrons.